The van der Waals surface area contributed by atoms with Gasteiger partial charge >= 0.3 is 0 Å². The van der Waals surface area contributed by atoms with Gasteiger partial charge in [0.15, 0.2) is 23.0 Å². The Labute approximate surface area is 218 Å². The van der Waals surface area contributed by atoms with Crippen molar-refractivity contribution < 1.29 is 28.5 Å². The summed E-state index contributed by atoms with van der Waals surface area (Å²) in [6, 6.07) is 17.0. The lowest BCUT2D eigenvalue weighted by molar-refractivity contribution is 0.0585. The van der Waals surface area contributed by atoms with Gasteiger partial charge in [0, 0.05) is 6.54 Å². The molecule has 1 atom stereocenters. The molecule has 37 heavy (non-hydrogen) atoms. The van der Waals surface area contributed by atoms with E-state index in [1.54, 1.807) is 46.6 Å². The van der Waals surface area contributed by atoms with Crippen molar-refractivity contribution in [2.45, 2.75) is 32.2 Å². The summed E-state index contributed by atoms with van der Waals surface area (Å²) in [6.45, 7) is 5.11. The first-order chi connectivity index (χ1) is 17.9. The Balaban J connectivity index is 1.72. The first-order valence-corrected chi connectivity index (χ1v) is 12.4. The van der Waals surface area contributed by atoms with Crippen LogP contribution in [0.5, 0.6) is 28.7 Å². The first kappa shape index (κ1) is 26.2. The molecule has 196 valence electrons. The molecule has 0 spiro atoms. The fourth-order valence-electron chi connectivity index (χ4n) is 4.79. The van der Waals surface area contributed by atoms with Crippen molar-refractivity contribution in [3.8, 4) is 28.7 Å². The van der Waals surface area contributed by atoms with Crippen molar-refractivity contribution in [3.05, 3.63) is 76.9 Å². The van der Waals surface area contributed by atoms with Gasteiger partial charge in [0.1, 0.15) is 12.4 Å². The summed E-state index contributed by atoms with van der Waals surface area (Å²) in [5, 5.41) is 0. The van der Waals surface area contributed by atoms with Crippen LogP contribution in [0.1, 0.15) is 52.9 Å². The number of para-hydroxylation sites is 1. The molecule has 1 amide bonds. The number of fused-ring (bicyclic) bond motifs is 1. The third kappa shape index (κ3) is 5.31. The van der Waals surface area contributed by atoms with Crippen molar-refractivity contribution in [2.24, 2.45) is 0 Å². The highest BCUT2D eigenvalue weighted by atomic mass is 16.5. The number of hydrogen-bond donors (Lipinski definition) is 0. The molecule has 1 aliphatic rings. The van der Waals surface area contributed by atoms with Gasteiger partial charge in [-0.05, 0) is 65.4 Å². The molecule has 7 heteroatoms. The van der Waals surface area contributed by atoms with Gasteiger partial charge in [-0.25, -0.2) is 0 Å². The van der Waals surface area contributed by atoms with Crippen LogP contribution in [0.15, 0.2) is 54.6 Å². The molecule has 1 heterocycles. The van der Waals surface area contributed by atoms with Gasteiger partial charge in [-0.2, -0.15) is 0 Å². The van der Waals surface area contributed by atoms with Gasteiger partial charge in [-0.15, -0.1) is 0 Å². The van der Waals surface area contributed by atoms with E-state index in [1.165, 1.54) is 5.56 Å². The Morgan fingerprint density at radius 1 is 0.892 bits per heavy atom. The minimum absolute atomic E-state index is 0.153. The van der Waals surface area contributed by atoms with Crippen LogP contribution in [0, 0.1) is 0 Å². The lowest BCUT2D eigenvalue weighted by Crippen LogP contribution is -2.42. The number of carbonyl (C=O) groups excluding carboxylic acids is 1. The summed E-state index contributed by atoms with van der Waals surface area (Å²) in [5.41, 5.74) is 3.76. The lowest BCUT2D eigenvalue weighted by Gasteiger charge is -2.38. The molecular weight excluding hydrogens is 470 g/mol. The highest BCUT2D eigenvalue weighted by Gasteiger charge is 2.35. The fraction of sp³-hybridized carbons (Fsp3) is 0.367. The number of rotatable bonds is 9. The number of hydrogen-bond acceptors (Lipinski definition) is 6. The van der Waals surface area contributed by atoms with E-state index in [0.29, 0.717) is 47.4 Å². The molecule has 4 rings (SSSR count). The van der Waals surface area contributed by atoms with E-state index < -0.39 is 0 Å². The molecule has 1 aliphatic heterocycles. The molecular formula is C30H35NO6. The largest absolute Gasteiger partial charge is 0.493 e. The standard InChI is InChI=1S/C30H35NO6/c1-19(2)20-10-12-22(13-11-20)37-18-25-24-17-28(35-5)27(34-4)16-21(24)14-15-31(25)30(32)23-8-7-9-26(33-3)29(23)36-6/h7-13,16-17,19,25H,14-15,18H2,1-6H3. The first-order valence-electron chi connectivity index (χ1n) is 12.4. The van der Waals surface area contributed by atoms with Crippen LogP contribution in [-0.4, -0.2) is 52.4 Å². The molecule has 0 saturated carbocycles. The van der Waals surface area contributed by atoms with Crippen LogP contribution in [0.4, 0.5) is 0 Å². The second kappa shape index (κ2) is 11.5. The number of methoxy groups -OCH3 is 4. The van der Waals surface area contributed by atoms with Crippen molar-refractivity contribution >= 4 is 5.91 Å². The SMILES string of the molecule is COc1cc2c(cc1OC)C(COc1ccc(C(C)C)cc1)N(C(=O)c1cccc(OC)c1OC)CC2. The Morgan fingerprint density at radius 2 is 1.57 bits per heavy atom. The van der Waals surface area contributed by atoms with Crippen molar-refractivity contribution in [3.63, 3.8) is 0 Å². The van der Waals surface area contributed by atoms with Crippen molar-refractivity contribution in [1.82, 2.24) is 4.90 Å². The normalized spacial score (nSPS) is 14.7. The van der Waals surface area contributed by atoms with E-state index >= 15 is 0 Å². The number of nitrogens with zero attached hydrogens (tertiary/aromatic N) is 1. The molecule has 0 saturated heterocycles. The Hall–Kier alpha value is -3.87. The third-order valence-corrected chi connectivity index (χ3v) is 6.85. The molecule has 0 N–H and O–H groups in total. The molecule has 0 fully saturated rings. The molecule has 3 aromatic carbocycles. The number of ether oxygens (including phenoxy) is 5. The second-order valence-corrected chi connectivity index (χ2v) is 9.25. The minimum atomic E-state index is -0.350. The molecule has 1 unspecified atom stereocenters. The second-order valence-electron chi connectivity index (χ2n) is 9.25. The van der Waals surface area contributed by atoms with E-state index in [9.17, 15) is 4.79 Å². The van der Waals surface area contributed by atoms with Crippen LogP contribution in [-0.2, 0) is 6.42 Å². The summed E-state index contributed by atoms with van der Waals surface area (Å²) in [7, 11) is 6.33. The van der Waals surface area contributed by atoms with Gasteiger partial charge in [0.2, 0.25) is 0 Å². The van der Waals surface area contributed by atoms with E-state index in [2.05, 4.69) is 26.0 Å². The van der Waals surface area contributed by atoms with E-state index in [-0.39, 0.29) is 18.6 Å². The smallest absolute Gasteiger partial charge is 0.258 e. The molecule has 0 radical (unpaired) electrons. The summed E-state index contributed by atoms with van der Waals surface area (Å²) in [4.78, 5) is 15.8. The monoisotopic (exact) mass is 505 g/mol. The van der Waals surface area contributed by atoms with Crippen LogP contribution in [0.25, 0.3) is 0 Å². The van der Waals surface area contributed by atoms with Gasteiger partial charge in [0.05, 0.1) is 40.0 Å². The summed E-state index contributed by atoms with van der Waals surface area (Å²) in [6.07, 6.45) is 0.674. The molecule has 7 nitrogen and oxygen atoms in total. The highest BCUT2D eigenvalue weighted by molar-refractivity contribution is 5.98. The van der Waals surface area contributed by atoms with Crippen LogP contribution in [0.2, 0.25) is 0 Å². The summed E-state index contributed by atoms with van der Waals surface area (Å²) < 4.78 is 28.4. The topological polar surface area (TPSA) is 66.5 Å². The predicted octanol–water partition coefficient (Wildman–Crippen LogP) is 5.66. The Kier molecular flexibility index (Phi) is 8.11. The zero-order valence-corrected chi connectivity index (χ0v) is 22.4. The van der Waals surface area contributed by atoms with Crippen LogP contribution in [0.3, 0.4) is 0 Å². The molecule has 0 aliphatic carbocycles. The number of amides is 1. The maximum atomic E-state index is 14.0. The summed E-state index contributed by atoms with van der Waals surface area (Å²) in [5.74, 6) is 3.24. The highest BCUT2D eigenvalue weighted by Crippen LogP contribution is 2.40. The third-order valence-electron chi connectivity index (χ3n) is 6.85. The number of carbonyl (C=O) groups is 1. The van der Waals surface area contributed by atoms with Gasteiger partial charge in [0.25, 0.3) is 5.91 Å². The average Bonchev–Trinajstić information content (AvgIpc) is 2.94. The van der Waals surface area contributed by atoms with Crippen LogP contribution < -0.4 is 23.7 Å². The number of benzene rings is 3. The Morgan fingerprint density at radius 3 is 2.19 bits per heavy atom. The van der Waals surface area contributed by atoms with Gasteiger partial charge < -0.3 is 28.6 Å². The summed E-state index contributed by atoms with van der Waals surface area (Å²) >= 11 is 0. The fourth-order valence-corrected chi connectivity index (χ4v) is 4.79. The van der Waals surface area contributed by atoms with E-state index in [1.807, 2.05) is 29.2 Å². The molecule has 0 aromatic heterocycles. The average molecular weight is 506 g/mol. The van der Waals surface area contributed by atoms with E-state index in [0.717, 1.165) is 16.9 Å². The molecule has 3 aromatic rings. The van der Waals surface area contributed by atoms with Gasteiger partial charge in [-0.3, -0.25) is 4.79 Å². The Bertz CT molecular complexity index is 1240. The maximum absolute atomic E-state index is 14.0. The maximum Gasteiger partial charge on any atom is 0.258 e. The predicted molar refractivity (Wildman–Crippen MR) is 143 cm³/mol. The quantitative estimate of drug-likeness (QED) is 0.374. The van der Waals surface area contributed by atoms with Crippen molar-refractivity contribution in [2.75, 3.05) is 41.6 Å². The minimum Gasteiger partial charge on any atom is -0.493 e. The van der Waals surface area contributed by atoms with Gasteiger partial charge in [-0.1, -0.05) is 32.0 Å². The molecule has 0 bridgehead atoms. The van der Waals surface area contributed by atoms with Crippen molar-refractivity contribution in [1.29, 1.82) is 0 Å². The lowest BCUT2D eigenvalue weighted by atomic mass is 9.91. The van der Waals surface area contributed by atoms with Crippen LogP contribution >= 0.6 is 0 Å². The zero-order chi connectivity index (χ0) is 26.5. The van der Waals surface area contributed by atoms with E-state index in [4.69, 9.17) is 23.7 Å². The zero-order valence-electron chi connectivity index (χ0n) is 22.4.